The number of aromatic nitrogens is 2. The van der Waals surface area contributed by atoms with Crippen molar-refractivity contribution in [1.29, 1.82) is 0 Å². The van der Waals surface area contributed by atoms with Crippen LogP contribution in [0.15, 0.2) is 30.3 Å². The normalized spacial score (nSPS) is 12.7. The van der Waals surface area contributed by atoms with Crippen molar-refractivity contribution in [3.63, 3.8) is 0 Å². The standard InChI is InChI=1S/C23H28FN3O6S/c1-14(2)21-19(11-10-17(28)12-18(29)13-20(30)33-4)22(15-6-8-16(24)9-7-15)26-23(25-21)27(3)34(5,31)32/h6-11,14,18,29H,12-13H2,1-5H3/b11-10+/t18-/m0/s1. The first-order valence-electron chi connectivity index (χ1n) is 10.4. The van der Waals surface area contributed by atoms with Gasteiger partial charge in [0.25, 0.3) is 0 Å². The van der Waals surface area contributed by atoms with E-state index in [0.717, 1.165) is 10.6 Å². The molecule has 0 radical (unpaired) electrons. The first kappa shape index (κ1) is 27.1. The highest BCUT2D eigenvalue weighted by atomic mass is 32.2. The number of hydrogen-bond donors (Lipinski definition) is 1. The smallest absolute Gasteiger partial charge is 0.308 e. The largest absolute Gasteiger partial charge is 0.469 e. The summed E-state index contributed by atoms with van der Waals surface area (Å²) in [5, 5.41) is 9.92. The van der Waals surface area contributed by atoms with E-state index in [4.69, 9.17) is 0 Å². The number of aliphatic hydroxyl groups excluding tert-OH is 1. The highest BCUT2D eigenvalue weighted by Gasteiger charge is 2.22. The summed E-state index contributed by atoms with van der Waals surface area (Å²) in [6.45, 7) is 3.69. The second-order valence-electron chi connectivity index (χ2n) is 8.00. The molecule has 0 aliphatic rings. The van der Waals surface area contributed by atoms with E-state index in [2.05, 4.69) is 14.7 Å². The highest BCUT2D eigenvalue weighted by Crippen LogP contribution is 2.31. The first-order valence-corrected chi connectivity index (χ1v) is 12.3. The lowest BCUT2D eigenvalue weighted by molar-refractivity contribution is -0.143. The van der Waals surface area contributed by atoms with Crippen LogP contribution in [-0.2, 0) is 24.3 Å². The summed E-state index contributed by atoms with van der Waals surface area (Å²) in [5.41, 5.74) is 1.72. The predicted molar refractivity (Wildman–Crippen MR) is 126 cm³/mol. The van der Waals surface area contributed by atoms with Gasteiger partial charge in [-0.3, -0.25) is 9.59 Å². The fraction of sp³-hybridized carbons (Fsp3) is 0.391. The molecule has 0 saturated carbocycles. The second kappa shape index (κ2) is 11.3. The van der Waals surface area contributed by atoms with Gasteiger partial charge >= 0.3 is 5.97 Å². The summed E-state index contributed by atoms with van der Waals surface area (Å²) in [5.74, 6) is -1.80. The fourth-order valence-corrected chi connectivity index (χ4v) is 3.40. The lowest BCUT2D eigenvalue weighted by Crippen LogP contribution is -2.27. The molecule has 0 aliphatic carbocycles. The van der Waals surface area contributed by atoms with Gasteiger partial charge in [-0.15, -0.1) is 0 Å². The van der Waals surface area contributed by atoms with Crippen LogP contribution in [0.2, 0.25) is 0 Å². The third kappa shape index (κ3) is 7.16. The Labute approximate surface area is 198 Å². The number of carbonyl (C=O) groups excluding carboxylic acids is 2. The maximum atomic E-state index is 13.5. The van der Waals surface area contributed by atoms with E-state index in [-0.39, 0.29) is 24.7 Å². The number of nitrogens with zero attached hydrogens (tertiary/aromatic N) is 3. The SMILES string of the molecule is COC(=O)C[C@@H](O)CC(=O)/C=C/c1c(-c2ccc(F)cc2)nc(N(C)S(C)(=O)=O)nc1C(C)C. The Morgan fingerprint density at radius 2 is 1.79 bits per heavy atom. The van der Waals surface area contributed by atoms with Gasteiger partial charge in [-0.05, 0) is 42.3 Å². The lowest BCUT2D eigenvalue weighted by Gasteiger charge is -2.20. The molecule has 0 fully saturated rings. The van der Waals surface area contributed by atoms with Gasteiger partial charge in [0.1, 0.15) is 5.82 Å². The minimum atomic E-state index is -3.66. The van der Waals surface area contributed by atoms with E-state index in [9.17, 15) is 27.5 Å². The van der Waals surface area contributed by atoms with Gasteiger partial charge in [0.2, 0.25) is 16.0 Å². The molecule has 1 heterocycles. The van der Waals surface area contributed by atoms with Gasteiger partial charge in [0.05, 0.1) is 37.3 Å². The van der Waals surface area contributed by atoms with Crippen molar-refractivity contribution >= 4 is 33.8 Å². The number of halogens is 1. The Balaban J connectivity index is 2.58. The van der Waals surface area contributed by atoms with E-state index >= 15 is 0 Å². The molecule has 11 heteroatoms. The zero-order valence-electron chi connectivity index (χ0n) is 19.6. The van der Waals surface area contributed by atoms with Crippen molar-refractivity contribution in [2.75, 3.05) is 24.7 Å². The first-order chi connectivity index (χ1) is 15.8. The second-order valence-corrected chi connectivity index (χ2v) is 10.0. The quantitative estimate of drug-likeness (QED) is 0.395. The van der Waals surface area contributed by atoms with Crippen LogP contribution in [0.3, 0.4) is 0 Å². The predicted octanol–water partition coefficient (Wildman–Crippen LogP) is 2.70. The van der Waals surface area contributed by atoms with E-state index in [1.54, 1.807) is 0 Å². The summed E-state index contributed by atoms with van der Waals surface area (Å²) in [4.78, 5) is 32.5. The average molecular weight is 494 g/mol. The van der Waals surface area contributed by atoms with Crippen LogP contribution in [0.4, 0.5) is 10.3 Å². The third-order valence-electron chi connectivity index (χ3n) is 4.91. The number of sulfonamides is 1. The Morgan fingerprint density at radius 3 is 2.32 bits per heavy atom. The topological polar surface area (TPSA) is 127 Å². The van der Waals surface area contributed by atoms with E-state index in [1.165, 1.54) is 50.6 Å². The maximum Gasteiger partial charge on any atom is 0.308 e. The van der Waals surface area contributed by atoms with Crippen LogP contribution >= 0.6 is 0 Å². The van der Waals surface area contributed by atoms with Crippen molar-refractivity contribution in [2.24, 2.45) is 0 Å². The lowest BCUT2D eigenvalue weighted by atomic mass is 9.97. The number of benzene rings is 1. The molecule has 2 aromatic rings. The Morgan fingerprint density at radius 1 is 1.18 bits per heavy atom. The molecule has 0 unspecified atom stereocenters. The van der Waals surface area contributed by atoms with Crippen LogP contribution in [0.5, 0.6) is 0 Å². The van der Waals surface area contributed by atoms with Gasteiger partial charge < -0.3 is 9.84 Å². The van der Waals surface area contributed by atoms with Crippen LogP contribution in [-0.4, -0.2) is 61.8 Å². The molecule has 184 valence electrons. The number of rotatable bonds is 10. The highest BCUT2D eigenvalue weighted by molar-refractivity contribution is 7.92. The van der Waals surface area contributed by atoms with Crippen molar-refractivity contribution in [3.05, 3.63) is 47.4 Å². The molecule has 1 N–H and O–H groups in total. The zero-order valence-corrected chi connectivity index (χ0v) is 20.5. The van der Waals surface area contributed by atoms with Crippen molar-refractivity contribution in [2.45, 2.75) is 38.7 Å². The molecule has 1 atom stereocenters. The Bertz CT molecular complexity index is 1180. The molecule has 1 aromatic carbocycles. The van der Waals surface area contributed by atoms with Gasteiger partial charge in [-0.2, -0.15) is 0 Å². The molecule has 34 heavy (non-hydrogen) atoms. The number of methoxy groups -OCH3 is 1. The number of allylic oxidation sites excluding steroid dienone is 1. The van der Waals surface area contributed by atoms with Crippen LogP contribution < -0.4 is 4.31 Å². The number of hydrogen-bond acceptors (Lipinski definition) is 8. The molecule has 9 nitrogen and oxygen atoms in total. The molecular weight excluding hydrogens is 465 g/mol. The van der Waals surface area contributed by atoms with Crippen LogP contribution in [0, 0.1) is 5.82 Å². The van der Waals surface area contributed by atoms with Crippen molar-refractivity contribution in [3.8, 4) is 11.3 Å². The van der Waals surface area contributed by atoms with Gasteiger partial charge in [0, 0.05) is 24.6 Å². The number of ketones is 1. The number of ether oxygens (including phenoxy) is 1. The van der Waals surface area contributed by atoms with E-state index < -0.39 is 33.7 Å². The Kier molecular flexibility index (Phi) is 9.00. The van der Waals surface area contributed by atoms with E-state index in [1.807, 2.05) is 13.8 Å². The zero-order chi connectivity index (χ0) is 25.6. The number of anilines is 1. The minimum absolute atomic E-state index is 0.0671. The summed E-state index contributed by atoms with van der Waals surface area (Å²) in [7, 11) is -1.15. The molecule has 0 bridgehead atoms. The van der Waals surface area contributed by atoms with Gasteiger partial charge in [-0.25, -0.2) is 27.1 Å². The van der Waals surface area contributed by atoms with Crippen molar-refractivity contribution < 1.29 is 32.2 Å². The summed E-state index contributed by atoms with van der Waals surface area (Å²) in [6, 6.07) is 5.47. The number of carbonyl (C=O) groups is 2. The number of esters is 1. The summed E-state index contributed by atoms with van der Waals surface area (Å²) < 4.78 is 43.1. The molecule has 0 saturated heterocycles. The molecule has 2 rings (SSSR count). The van der Waals surface area contributed by atoms with E-state index in [0.29, 0.717) is 22.5 Å². The van der Waals surface area contributed by atoms with Gasteiger partial charge in [0.15, 0.2) is 5.78 Å². The number of aliphatic hydroxyl groups is 1. The summed E-state index contributed by atoms with van der Waals surface area (Å²) >= 11 is 0. The van der Waals surface area contributed by atoms with Crippen LogP contribution in [0.25, 0.3) is 17.3 Å². The fourth-order valence-electron chi connectivity index (χ4n) is 3.02. The molecule has 0 aliphatic heterocycles. The third-order valence-corrected chi connectivity index (χ3v) is 6.07. The molecule has 1 aromatic heterocycles. The average Bonchev–Trinajstić information content (AvgIpc) is 2.76. The molecular formula is C23H28FN3O6S. The minimum Gasteiger partial charge on any atom is -0.469 e. The Hall–Kier alpha value is -3.18. The monoisotopic (exact) mass is 493 g/mol. The maximum absolute atomic E-state index is 13.5. The molecule has 0 spiro atoms. The summed E-state index contributed by atoms with van der Waals surface area (Å²) in [6.07, 6.45) is 1.92. The molecule has 0 amide bonds. The van der Waals surface area contributed by atoms with Gasteiger partial charge in [-0.1, -0.05) is 13.8 Å². The van der Waals surface area contributed by atoms with Crippen molar-refractivity contribution in [1.82, 2.24) is 9.97 Å². The van der Waals surface area contributed by atoms with Crippen LogP contribution in [0.1, 0.15) is 43.9 Å².